The number of benzene rings is 2. The molecule has 1 fully saturated rings. The highest BCUT2D eigenvalue weighted by Gasteiger charge is 2.35. The monoisotopic (exact) mass is 436 g/mol. The van der Waals surface area contributed by atoms with Gasteiger partial charge in [-0.05, 0) is 35.9 Å². The fourth-order valence-corrected chi connectivity index (χ4v) is 4.81. The van der Waals surface area contributed by atoms with Crippen LogP contribution in [0.5, 0.6) is 0 Å². The lowest BCUT2D eigenvalue weighted by Crippen LogP contribution is -2.47. The molecule has 2 amide bonds. The van der Waals surface area contributed by atoms with Crippen molar-refractivity contribution in [2.24, 2.45) is 5.92 Å². The molecule has 1 N–H and O–H groups in total. The standard InChI is InChI=1S/C25H25FN2O2S/c26-22-11-5-4-9-19(22)16-27-25(30)20-12-13-23(18-7-2-1-3-8-18)28(17-20)24(29)15-21-10-6-14-31-21/h1-11,14,20,23H,12-13,15-17H2,(H,27,30)/t20-,23-/m1/s1. The fraction of sp³-hybridized carbons (Fsp3) is 0.280. The van der Waals surface area contributed by atoms with Gasteiger partial charge in [-0.15, -0.1) is 11.3 Å². The number of likely N-dealkylation sites (tertiary alicyclic amines) is 1. The van der Waals surface area contributed by atoms with Crippen molar-refractivity contribution in [1.29, 1.82) is 0 Å². The van der Waals surface area contributed by atoms with Crippen LogP contribution in [-0.4, -0.2) is 23.3 Å². The second-order valence-corrected chi connectivity index (χ2v) is 8.84. The molecule has 0 spiro atoms. The third kappa shape index (κ3) is 5.20. The van der Waals surface area contributed by atoms with Crippen molar-refractivity contribution < 1.29 is 14.0 Å². The van der Waals surface area contributed by atoms with Crippen molar-refractivity contribution in [3.05, 3.63) is 93.9 Å². The maximum absolute atomic E-state index is 13.9. The van der Waals surface area contributed by atoms with Gasteiger partial charge in [0, 0.05) is 23.5 Å². The number of hydrogen-bond donors (Lipinski definition) is 1. The molecule has 3 aromatic rings. The van der Waals surface area contributed by atoms with Gasteiger partial charge in [0.1, 0.15) is 5.82 Å². The largest absolute Gasteiger partial charge is 0.352 e. The zero-order valence-electron chi connectivity index (χ0n) is 17.2. The predicted octanol–water partition coefficient (Wildman–Crippen LogP) is 4.73. The van der Waals surface area contributed by atoms with Crippen LogP contribution >= 0.6 is 11.3 Å². The van der Waals surface area contributed by atoms with Crippen molar-refractivity contribution in [1.82, 2.24) is 10.2 Å². The van der Waals surface area contributed by atoms with E-state index in [4.69, 9.17) is 0 Å². The van der Waals surface area contributed by atoms with Gasteiger partial charge in [0.05, 0.1) is 18.4 Å². The Morgan fingerprint density at radius 1 is 1.00 bits per heavy atom. The molecule has 31 heavy (non-hydrogen) atoms. The Morgan fingerprint density at radius 2 is 1.77 bits per heavy atom. The molecule has 0 unspecified atom stereocenters. The van der Waals surface area contributed by atoms with Gasteiger partial charge in [-0.1, -0.05) is 54.6 Å². The van der Waals surface area contributed by atoms with E-state index in [1.165, 1.54) is 6.07 Å². The van der Waals surface area contributed by atoms with Crippen molar-refractivity contribution in [2.75, 3.05) is 6.54 Å². The zero-order chi connectivity index (χ0) is 21.6. The van der Waals surface area contributed by atoms with Gasteiger partial charge in [-0.2, -0.15) is 0 Å². The van der Waals surface area contributed by atoms with Crippen molar-refractivity contribution >= 4 is 23.2 Å². The Kier molecular flexibility index (Phi) is 6.77. The van der Waals surface area contributed by atoms with Gasteiger partial charge in [0.2, 0.25) is 11.8 Å². The topological polar surface area (TPSA) is 49.4 Å². The van der Waals surface area contributed by atoms with Crippen molar-refractivity contribution in [3.8, 4) is 0 Å². The molecule has 6 heteroatoms. The van der Waals surface area contributed by atoms with Crippen molar-refractivity contribution in [2.45, 2.75) is 31.8 Å². The maximum atomic E-state index is 13.9. The molecule has 2 aromatic carbocycles. The molecule has 4 nitrogen and oxygen atoms in total. The number of nitrogens with zero attached hydrogens (tertiary/aromatic N) is 1. The molecule has 1 aliphatic rings. The average Bonchev–Trinajstić information content (AvgIpc) is 3.31. The molecule has 160 valence electrons. The van der Waals surface area contributed by atoms with E-state index in [0.717, 1.165) is 16.9 Å². The molecule has 1 saturated heterocycles. The minimum Gasteiger partial charge on any atom is -0.352 e. The molecular weight excluding hydrogens is 411 g/mol. The number of halogens is 1. The van der Waals surface area contributed by atoms with Crippen molar-refractivity contribution in [3.63, 3.8) is 0 Å². The number of amides is 2. The molecule has 1 aliphatic heterocycles. The Morgan fingerprint density at radius 3 is 2.52 bits per heavy atom. The van der Waals surface area contributed by atoms with Crippen LogP contribution in [0.1, 0.15) is 34.9 Å². The summed E-state index contributed by atoms with van der Waals surface area (Å²) in [4.78, 5) is 28.9. The first-order chi connectivity index (χ1) is 15.1. The van der Waals surface area contributed by atoms with Gasteiger partial charge >= 0.3 is 0 Å². The van der Waals surface area contributed by atoms with E-state index in [-0.39, 0.29) is 36.1 Å². The third-order valence-corrected chi connectivity index (χ3v) is 6.65. The smallest absolute Gasteiger partial charge is 0.228 e. The highest BCUT2D eigenvalue weighted by Crippen LogP contribution is 2.34. The Balaban J connectivity index is 1.47. The lowest BCUT2D eigenvalue weighted by atomic mass is 9.88. The molecule has 2 atom stereocenters. The van der Waals surface area contributed by atoms with Gasteiger partial charge in [0.15, 0.2) is 0 Å². The lowest BCUT2D eigenvalue weighted by molar-refractivity contribution is -0.138. The number of rotatable bonds is 6. The first kappa shape index (κ1) is 21.2. The number of hydrogen-bond acceptors (Lipinski definition) is 3. The molecule has 0 bridgehead atoms. The summed E-state index contributed by atoms with van der Waals surface area (Å²) in [6.45, 7) is 0.514. The van der Waals surface area contributed by atoms with Crippen LogP contribution in [0.15, 0.2) is 72.1 Å². The molecule has 1 aromatic heterocycles. The van der Waals surface area contributed by atoms with Crippen LogP contribution in [0.2, 0.25) is 0 Å². The Hall–Kier alpha value is -2.99. The second-order valence-electron chi connectivity index (χ2n) is 7.81. The van der Waals surface area contributed by atoms with E-state index in [9.17, 15) is 14.0 Å². The summed E-state index contributed by atoms with van der Waals surface area (Å²) in [5, 5.41) is 4.82. The first-order valence-corrected chi connectivity index (χ1v) is 11.4. The van der Waals surface area contributed by atoms with Gasteiger partial charge < -0.3 is 10.2 Å². The van der Waals surface area contributed by atoms with E-state index >= 15 is 0 Å². The fourth-order valence-electron chi connectivity index (χ4n) is 4.11. The number of nitrogens with one attached hydrogen (secondary N) is 1. The highest BCUT2D eigenvalue weighted by molar-refractivity contribution is 7.10. The van der Waals surface area contributed by atoms with Crippen LogP contribution in [-0.2, 0) is 22.6 Å². The summed E-state index contributed by atoms with van der Waals surface area (Å²) >= 11 is 1.56. The molecule has 0 saturated carbocycles. The Labute approximate surface area is 185 Å². The van der Waals surface area contributed by atoms with E-state index in [1.54, 1.807) is 29.5 Å². The van der Waals surface area contributed by atoms with Gasteiger partial charge in [0.25, 0.3) is 0 Å². The summed E-state index contributed by atoms with van der Waals surface area (Å²) in [5.41, 5.74) is 1.55. The van der Waals surface area contributed by atoms with Crippen LogP contribution in [0.3, 0.4) is 0 Å². The van der Waals surface area contributed by atoms with Gasteiger partial charge in [-0.25, -0.2) is 4.39 Å². The quantitative estimate of drug-likeness (QED) is 0.608. The average molecular weight is 437 g/mol. The van der Waals surface area contributed by atoms with E-state index in [0.29, 0.717) is 24.9 Å². The minimum absolute atomic E-state index is 0.0305. The summed E-state index contributed by atoms with van der Waals surface area (Å²) in [7, 11) is 0. The summed E-state index contributed by atoms with van der Waals surface area (Å²) in [6.07, 6.45) is 1.74. The Bertz CT molecular complexity index is 1020. The van der Waals surface area contributed by atoms with E-state index in [2.05, 4.69) is 5.32 Å². The van der Waals surface area contributed by atoms with Crippen LogP contribution in [0, 0.1) is 11.7 Å². The second kappa shape index (κ2) is 9.88. The summed E-state index contributed by atoms with van der Waals surface area (Å²) < 4.78 is 13.9. The molecular formula is C25H25FN2O2S. The number of carbonyl (C=O) groups excluding carboxylic acids is 2. The molecule has 0 aliphatic carbocycles. The molecule has 4 rings (SSSR count). The van der Waals surface area contributed by atoms with E-state index in [1.807, 2.05) is 52.7 Å². The number of piperidine rings is 1. The molecule has 2 heterocycles. The summed E-state index contributed by atoms with van der Waals surface area (Å²) in [5.74, 6) is -0.742. The van der Waals surface area contributed by atoms with Crippen LogP contribution < -0.4 is 5.32 Å². The van der Waals surface area contributed by atoms with Gasteiger partial charge in [-0.3, -0.25) is 9.59 Å². The number of carbonyl (C=O) groups is 2. The normalized spacial score (nSPS) is 18.5. The van der Waals surface area contributed by atoms with E-state index < -0.39 is 0 Å². The summed E-state index contributed by atoms with van der Waals surface area (Å²) in [6, 6.07) is 20.3. The van der Waals surface area contributed by atoms with Crippen LogP contribution in [0.4, 0.5) is 4.39 Å². The third-order valence-electron chi connectivity index (χ3n) is 5.77. The first-order valence-electron chi connectivity index (χ1n) is 10.5. The maximum Gasteiger partial charge on any atom is 0.228 e. The highest BCUT2D eigenvalue weighted by atomic mass is 32.1. The van der Waals surface area contributed by atoms with Crippen LogP contribution in [0.25, 0.3) is 0 Å². The SMILES string of the molecule is O=C(NCc1ccccc1F)[C@@H]1CC[C@H](c2ccccc2)N(C(=O)Cc2cccs2)C1. The zero-order valence-corrected chi connectivity index (χ0v) is 18.0. The minimum atomic E-state index is -0.330. The predicted molar refractivity (Wildman–Crippen MR) is 120 cm³/mol. The lowest BCUT2D eigenvalue weighted by Gasteiger charge is -2.39. The molecule has 0 radical (unpaired) electrons. The number of thiophene rings is 1.